The van der Waals surface area contributed by atoms with E-state index in [2.05, 4.69) is 8.55 Å². The van der Waals surface area contributed by atoms with Gasteiger partial charge in [-0.3, -0.25) is 4.18 Å². The number of benzene rings is 1. The highest BCUT2D eigenvalue weighted by Gasteiger charge is 2.22. The second kappa shape index (κ2) is 5.29. The molecule has 1 aliphatic heterocycles. The van der Waals surface area contributed by atoms with Crippen molar-refractivity contribution in [1.29, 1.82) is 0 Å². The Morgan fingerprint density at radius 3 is 2.75 bits per heavy atom. The molecule has 16 heavy (non-hydrogen) atoms. The highest BCUT2D eigenvalue weighted by Crippen LogP contribution is 2.19. The number of hydrogen-bond acceptors (Lipinski definition) is 5. The summed E-state index contributed by atoms with van der Waals surface area (Å²) in [7, 11) is -0.602. The van der Waals surface area contributed by atoms with Crippen LogP contribution in [0.5, 0.6) is 5.75 Å². The van der Waals surface area contributed by atoms with Gasteiger partial charge in [-0.25, -0.2) is 4.21 Å². The van der Waals surface area contributed by atoms with E-state index < -0.39 is 10.9 Å². The number of rotatable bonds is 5. The first-order chi connectivity index (χ1) is 7.78. The van der Waals surface area contributed by atoms with Crippen molar-refractivity contribution in [3.8, 4) is 5.75 Å². The molecule has 2 unspecified atom stereocenters. The van der Waals surface area contributed by atoms with Crippen LogP contribution >= 0.6 is 0 Å². The molecule has 1 fully saturated rings. The van der Waals surface area contributed by atoms with Gasteiger partial charge in [0.25, 0.3) is 0 Å². The maximum Gasteiger partial charge on any atom is 0.156 e. The number of thiol groups is 1. The van der Waals surface area contributed by atoms with Crippen molar-refractivity contribution in [3.05, 3.63) is 24.3 Å². The lowest BCUT2D eigenvalue weighted by atomic mass is 10.3. The second-order valence-corrected chi connectivity index (χ2v) is 4.32. The van der Waals surface area contributed by atoms with Gasteiger partial charge in [-0.2, -0.15) is 4.36 Å². The van der Waals surface area contributed by atoms with Crippen LogP contribution in [-0.2, 0) is 19.8 Å². The Balaban J connectivity index is 1.95. The molecule has 6 heteroatoms. The summed E-state index contributed by atoms with van der Waals surface area (Å²) in [6.45, 7) is 1.35. The molecule has 0 spiro atoms. The van der Waals surface area contributed by atoms with Crippen LogP contribution in [-0.4, -0.2) is 30.6 Å². The van der Waals surface area contributed by atoms with Crippen LogP contribution in [0.2, 0.25) is 0 Å². The van der Waals surface area contributed by atoms with Crippen LogP contribution < -0.4 is 4.74 Å². The van der Waals surface area contributed by atoms with Crippen molar-refractivity contribution in [2.75, 3.05) is 20.3 Å². The van der Waals surface area contributed by atoms with Crippen molar-refractivity contribution in [3.63, 3.8) is 0 Å². The van der Waals surface area contributed by atoms with Crippen LogP contribution in [0.25, 0.3) is 0 Å². The fourth-order valence-electron chi connectivity index (χ4n) is 1.10. The molecule has 0 amide bonds. The van der Waals surface area contributed by atoms with E-state index in [9.17, 15) is 4.21 Å². The van der Waals surface area contributed by atoms with Gasteiger partial charge in [0.1, 0.15) is 18.5 Å². The predicted molar refractivity (Wildman–Crippen MR) is 60.3 cm³/mol. The zero-order valence-electron chi connectivity index (χ0n) is 8.83. The minimum Gasteiger partial charge on any atom is -0.491 e. The summed E-state index contributed by atoms with van der Waals surface area (Å²) in [6, 6.07) is 7.02. The first kappa shape index (κ1) is 11.4. The first-order valence-corrected chi connectivity index (χ1v) is 5.98. The number of ether oxygens (including phenoxy) is 2. The average molecular weight is 243 g/mol. The lowest BCUT2D eigenvalue weighted by molar-refractivity contribution is 0.263. The largest absolute Gasteiger partial charge is 0.491 e. The van der Waals surface area contributed by atoms with Gasteiger partial charge in [0.15, 0.2) is 10.9 Å². The molecule has 0 saturated carbocycles. The molecule has 0 aromatic heterocycles. The Kier molecular flexibility index (Phi) is 3.76. The van der Waals surface area contributed by atoms with Crippen LogP contribution in [0.15, 0.2) is 28.6 Å². The highest BCUT2D eigenvalue weighted by molar-refractivity contribution is 7.69. The third kappa shape index (κ3) is 3.48. The molecule has 5 nitrogen and oxygen atoms in total. The molecule has 1 aliphatic rings. The zero-order valence-corrected chi connectivity index (χ0v) is 9.72. The molecule has 0 radical (unpaired) electrons. The van der Waals surface area contributed by atoms with E-state index in [-0.39, 0.29) is 6.10 Å². The highest BCUT2D eigenvalue weighted by atomic mass is 32.2. The normalized spacial score (nSPS) is 20.7. The summed E-state index contributed by atoms with van der Waals surface area (Å²) >= 11 is 0. The number of epoxide rings is 1. The third-order valence-electron chi connectivity index (χ3n) is 2.03. The zero-order chi connectivity index (χ0) is 11.4. The van der Waals surface area contributed by atoms with Crippen molar-refractivity contribution in [2.45, 2.75) is 6.10 Å². The van der Waals surface area contributed by atoms with Gasteiger partial charge in [-0.05, 0) is 24.3 Å². The fraction of sp³-hybridized carbons (Fsp3) is 0.400. The van der Waals surface area contributed by atoms with Gasteiger partial charge in [0.2, 0.25) is 0 Å². The molecule has 2 atom stereocenters. The van der Waals surface area contributed by atoms with Crippen LogP contribution in [0.4, 0.5) is 5.69 Å². The molecule has 0 bridgehead atoms. The quantitative estimate of drug-likeness (QED) is 0.626. The van der Waals surface area contributed by atoms with Crippen LogP contribution in [0.1, 0.15) is 0 Å². The van der Waals surface area contributed by atoms with Gasteiger partial charge >= 0.3 is 0 Å². The topological polar surface area (TPSA) is 60.4 Å². The van der Waals surface area contributed by atoms with E-state index >= 15 is 0 Å². The Bertz CT molecular complexity index is 421. The third-order valence-corrected chi connectivity index (χ3v) is 2.73. The van der Waals surface area contributed by atoms with Crippen molar-refractivity contribution in [1.82, 2.24) is 0 Å². The maximum atomic E-state index is 11.0. The van der Waals surface area contributed by atoms with E-state index in [0.717, 1.165) is 12.4 Å². The van der Waals surface area contributed by atoms with Gasteiger partial charge in [-0.1, -0.05) is 0 Å². The van der Waals surface area contributed by atoms with Crippen LogP contribution in [0, 0.1) is 0 Å². The lowest BCUT2D eigenvalue weighted by Gasteiger charge is -2.03. The monoisotopic (exact) mass is 243 g/mol. The minimum absolute atomic E-state index is 0.243. The summed E-state index contributed by atoms with van der Waals surface area (Å²) < 4.78 is 29.9. The molecular weight excluding hydrogens is 230 g/mol. The molecule has 0 N–H and O–H groups in total. The molecular formula is C10H13NO4S. The lowest BCUT2D eigenvalue weighted by Crippen LogP contribution is -2.03. The molecule has 0 aliphatic carbocycles. The first-order valence-electron chi connectivity index (χ1n) is 4.85. The minimum atomic E-state index is -1.96. The Labute approximate surface area is 95.7 Å². The summed E-state index contributed by atoms with van der Waals surface area (Å²) in [6.07, 6.45) is 0.243. The van der Waals surface area contributed by atoms with Crippen molar-refractivity contribution in [2.24, 2.45) is 4.36 Å². The fourth-order valence-corrected chi connectivity index (χ4v) is 1.50. The van der Waals surface area contributed by atoms with Gasteiger partial charge in [-0.15, -0.1) is 0 Å². The maximum absolute atomic E-state index is 11.0. The van der Waals surface area contributed by atoms with Gasteiger partial charge in [0.05, 0.1) is 19.4 Å². The standard InChI is InChI=1S/C10H13NO4S/c1-13-16(12)11-8-2-4-9(5-3-8)14-6-10-7-15-10/h2-5,10,16H,6-7H2,1H3. The molecule has 1 heterocycles. The molecule has 1 saturated heterocycles. The SMILES string of the molecule is CO[SH](=O)=Nc1ccc(OCC2CO2)cc1. The summed E-state index contributed by atoms with van der Waals surface area (Å²) in [4.78, 5) is 0. The summed E-state index contributed by atoms with van der Waals surface area (Å²) in [5.74, 6) is 0.752. The van der Waals surface area contributed by atoms with Crippen molar-refractivity contribution >= 4 is 16.6 Å². The van der Waals surface area contributed by atoms with E-state index in [1.807, 2.05) is 0 Å². The summed E-state index contributed by atoms with van der Waals surface area (Å²) in [5.41, 5.74) is 0.609. The smallest absolute Gasteiger partial charge is 0.156 e. The molecule has 88 valence electrons. The van der Waals surface area contributed by atoms with Gasteiger partial charge < -0.3 is 9.47 Å². The van der Waals surface area contributed by atoms with Gasteiger partial charge in [0, 0.05) is 0 Å². The van der Waals surface area contributed by atoms with Crippen molar-refractivity contribution < 1.29 is 17.9 Å². The molecule has 1 aromatic carbocycles. The van der Waals surface area contributed by atoms with E-state index in [4.69, 9.17) is 9.47 Å². The average Bonchev–Trinajstić information content (AvgIpc) is 3.12. The van der Waals surface area contributed by atoms with E-state index in [1.165, 1.54) is 7.11 Å². The number of hydrogen-bond donors (Lipinski definition) is 1. The predicted octanol–water partition coefficient (Wildman–Crippen LogP) is 1.32. The van der Waals surface area contributed by atoms with Crippen LogP contribution in [0.3, 0.4) is 0 Å². The van der Waals surface area contributed by atoms with E-state index in [1.54, 1.807) is 24.3 Å². The Hall–Kier alpha value is -1.11. The number of nitrogens with zero attached hydrogens (tertiary/aromatic N) is 1. The Morgan fingerprint density at radius 2 is 2.19 bits per heavy atom. The van der Waals surface area contributed by atoms with E-state index in [0.29, 0.717) is 12.3 Å². The molecule has 1 aromatic rings. The Morgan fingerprint density at radius 1 is 1.50 bits per heavy atom. The summed E-state index contributed by atoms with van der Waals surface area (Å²) in [5, 5.41) is 0. The molecule has 2 rings (SSSR count). The second-order valence-electron chi connectivity index (χ2n) is 3.28.